The molecule has 16 heavy (non-hydrogen) atoms. The van der Waals surface area contributed by atoms with Crippen molar-refractivity contribution in [1.29, 1.82) is 0 Å². The third-order valence-corrected chi connectivity index (χ3v) is 4.88. The van der Waals surface area contributed by atoms with Gasteiger partial charge in [-0.25, -0.2) is 0 Å². The molecule has 1 unspecified atom stereocenters. The summed E-state index contributed by atoms with van der Waals surface area (Å²) in [5.74, 6) is 2.48. The molecule has 1 saturated heterocycles. The van der Waals surface area contributed by atoms with Gasteiger partial charge in [0.25, 0.3) is 0 Å². The molecule has 2 heteroatoms. The average Bonchev–Trinajstić information content (AvgIpc) is 2.68. The van der Waals surface area contributed by atoms with E-state index in [9.17, 15) is 0 Å². The molecule has 2 rings (SSSR count). The van der Waals surface area contributed by atoms with Crippen molar-refractivity contribution in [2.45, 2.75) is 39.5 Å². The summed E-state index contributed by atoms with van der Waals surface area (Å²) in [6, 6.07) is 0. The maximum atomic E-state index is 5.60. The van der Waals surface area contributed by atoms with Gasteiger partial charge < -0.3 is 10.1 Å². The molecule has 1 atom stereocenters. The van der Waals surface area contributed by atoms with Crippen LogP contribution < -0.4 is 5.32 Å². The third kappa shape index (κ3) is 2.02. The van der Waals surface area contributed by atoms with E-state index in [1.165, 1.54) is 25.7 Å². The normalized spacial score (nSPS) is 27.0. The van der Waals surface area contributed by atoms with Crippen LogP contribution in [0.5, 0.6) is 0 Å². The number of nitrogens with one attached hydrogen (secondary N) is 1. The SMILES string of the molecule is CNCC(C(C)C)C1(C2CCCC2)COC1. The van der Waals surface area contributed by atoms with E-state index >= 15 is 0 Å². The molecule has 1 saturated carbocycles. The molecule has 0 amide bonds. The fourth-order valence-electron chi connectivity index (χ4n) is 3.91. The van der Waals surface area contributed by atoms with E-state index in [4.69, 9.17) is 4.74 Å². The molecular weight excluding hydrogens is 198 g/mol. The van der Waals surface area contributed by atoms with Gasteiger partial charge in [-0.2, -0.15) is 0 Å². The highest BCUT2D eigenvalue weighted by atomic mass is 16.5. The predicted molar refractivity (Wildman–Crippen MR) is 67.5 cm³/mol. The van der Waals surface area contributed by atoms with Gasteiger partial charge in [0, 0.05) is 5.41 Å². The summed E-state index contributed by atoms with van der Waals surface area (Å²) in [5, 5.41) is 3.39. The Morgan fingerprint density at radius 3 is 2.25 bits per heavy atom. The fraction of sp³-hybridized carbons (Fsp3) is 1.00. The summed E-state index contributed by atoms with van der Waals surface area (Å²) in [4.78, 5) is 0. The highest BCUT2D eigenvalue weighted by Gasteiger charge is 2.51. The van der Waals surface area contributed by atoms with Crippen LogP contribution >= 0.6 is 0 Å². The Bertz CT molecular complexity index is 217. The van der Waals surface area contributed by atoms with Crippen LogP contribution in [0, 0.1) is 23.2 Å². The highest BCUT2D eigenvalue weighted by molar-refractivity contribution is 4.99. The van der Waals surface area contributed by atoms with Gasteiger partial charge in [-0.3, -0.25) is 0 Å². The molecular formula is C14H27NO. The van der Waals surface area contributed by atoms with Crippen molar-refractivity contribution in [1.82, 2.24) is 5.32 Å². The van der Waals surface area contributed by atoms with Crippen molar-refractivity contribution in [2.24, 2.45) is 23.2 Å². The van der Waals surface area contributed by atoms with Crippen LogP contribution in [0.1, 0.15) is 39.5 Å². The summed E-state index contributed by atoms with van der Waals surface area (Å²) in [6.07, 6.45) is 5.76. The summed E-state index contributed by atoms with van der Waals surface area (Å²) < 4.78 is 5.60. The fourth-order valence-corrected chi connectivity index (χ4v) is 3.91. The van der Waals surface area contributed by atoms with Crippen molar-refractivity contribution < 1.29 is 4.74 Å². The Balaban J connectivity index is 2.10. The highest BCUT2D eigenvalue weighted by Crippen LogP contribution is 2.51. The van der Waals surface area contributed by atoms with Crippen molar-refractivity contribution in [3.05, 3.63) is 0 Å². The van der Waals surface area contributed by atoms with Crippen LogP contribution in [0.25, 0.3) is 0 Å². The second-order valence-electron chi connectivity index (χ2n) is 6.12. The van der Waals surface area contributed by atoms with E-state index in [-0.39, 0.29) is 0 Å². The molecule has 0 aromatic heterocycles. The van der Waals surface area contributed by atoms with Gasteiger partial charge >= 0.3 is 0 Å². The average molecular weight is 225 g/mol. The Hall–Kier alpha value is -0.0800. The lowest BCUT2D eigenvalue weighted by Gasteiger charge is -2.53. The van der Waals surface area contributed by atoms with Crippen molar-refractivity contribution >= 4 is 0 Å². The molecule has 1 aliphatic carbocycles. The predicted octanol–water partition coefficient (Wildman–Crippen LogP) is 2.68. The minimum atomic E-state index is 0.508. The first-order valence-corrected chi connectivity index (χ1v) is 6.93. The molecule has 2 nitrogen and oxygen atoms in total. The van der Waals surface area contributed by atoms with Crippen molar-refractivity contribution in [2.75, 3.05) is 26.8 Å². The Kier molecular flexibility index (Phi) is 3.91. The molecule has 1 N–H and O–H groups in total. The molecule has 1 heterocycles. The topological polar surface area (TPSA) is 21.3 Å². The smallest absolute Gasteiger partial charge is 0.0550 e. The Morgan fingerprint density at radius 2 is 1.88 bits per heavy atom. The third-order valence-electron chi connectivity index (χ3n) is 4.88. The second-order valence-corrected chi connectivity index (χ2v) is 6.12. The largest absolute Gasteiger partial charge is 0.380 e. The van der Waals surface area contributed by atoms with E-state index in [2.05, 4.69) is 26.2 Å². The molecule has 0 radical (unpaired) electrons. The van der Waals surface area contributed by atoms with E-state index in [1.807, 2.05) is 0 Å². The summed E-state index contributed by atoms with van der Waals surface area (Å²) >= 11 is 0. The van der Waals surface area contributed by atoms with Gasteiger partial charge in [0.05, 0.1) is 13.2 Å². The van der Waals surface area contributed by atoms with Gasteiger partial charge in [0.1, 0.15) is 0 Å². The van der Waals surface area contributed by atoms with Gasteiger partial charge in [-0.1, -0.05) is 26.7 Å². The lowest BCUT2D eigenvalue weighted by molar-refractivity contribution is -0.185. The van der Waals surface area contributed by atoms with Crippen LogP contribution in [-0.4, -0.2) is 26.8 Å². The van der Waals surface area contributed by atoms with E-state index < -0.39 is 0 Å². The van der Waals surface area contributed by atoms with Crippen molar-refractivity contribution in [3.8, 4) is 0 Å². The van der Waals surface area contributed by atoms with Gasteiger partial charge in [-0.05, 0) is 44.2 Å². The van der Waals surface area contributed by atoms with Gasteiger partial charge in [-0.15, -0.1) is 0 Å². The number of rotatable bonds is 5. The molecule has 2 aliphatic rings. The maximum Gasteiger partial charge on any atom is 0.0550 e. The molecule has 94 valence electrons. The summed E-state index contributed by atoms with van der Waals surface area (Å²) in [6.45, 7) is 7.93. The second kappa shape index (κ2) is 5.05. The summed E-state index contributed by atoms with van der Waals surface area (Å²) in [5.41, 5.74) is 0.508. The van der Waals surface area contributed by atoms with Crippen molar-refractivity contribution in [3.63, 3.8) is 0 Å². The van der Waals surface area contributed by atoms with Gasteiger partial charge in [0.15, 0.2) is 0 Å². The standard InChI is InChI=1S/C14H27NO/c1-11(2)13(8-15-3)14(9-16-10-14)12-6-4-5-7-12/h11-13,15H,4-10H2,1-3H3. The van der Waals surface area contributed by atoms with Crippen LogP contribution in [0.2, 0.25) is 0 Å². The number of ether oxygens (including phenoxy) is 1. The number of hydrogen-bond donors (Lipinski definition) is 1. The monoisotopic (exact) mass is 225 g/mol. The molecule has 0 aromatic carbocycles. The zero-order chi connectivity index (χ0) is 11.6. The molecule has 2 fully saturated rings. The van der Waals surface area contributed by atoms with E-state index in [0.29, 0.717) is 5.41 Å². The Morgan fingerprint density at radius 1 is 1.25 bits per heavy atom. The van der Waals surface area contributed by atoms with Crippen LogP contribution in [-0.2, 0) is 4.74 Å². The quantitative estimate of drug-likeness (QED) is 0.777. The summed E-state index contributed by atoms with van der Waals surface area (Å²) in [7, 11) is 2.08. The first-order valence-electron chi connectivity index (χ1n) is 6.93. The minimum absolute atomic E-state index is 0.508. The van der Waals surface area contributed by atoms with E-state index in [0.717, 1.165) is 37.5 Å². The molecule has 0 spiro atoms. The van der Waals surface area contributed by atoms with Crippen LogP contribution in [0.15, 0.2) is 0 Å². The Labute approximate surface area is 100 Å². The zero-order valence-electron chi connectivity index (χ0n) is 11.1. The maximum absolute atomic E-state index is 5.60. The van der Waals surface area contributed by atoms with Crippen LogP contribution in [0.4, 0.5) is 0 Å². The minimum Gasteiger partial charge on any atom is -0.380 e. The molecule has 0 bridgehead atoms. The molecule has 0 aromatic rings. The number of hydrogen-bond acceptors (Lipinski definition) is 2. The van der Waals surface area contributed by atoms with Gasteiger partial charge in [0.2, 0.25) is 0 Å². The first-order chi connectivity index (χ1) is 7.70. The lowest BCUT2D eigenvalue weighted by Crippen LogP contribution is -2.56. The van der Waals surface area contributed by atoms with E-state index in [1.54, 1.807) is 0 Å². The van der Waals surface area contributed by atoms with Crippen LogP contribution in [0.3, 0.4) is 0 Å². The first kappa shape index (κ1) is 12.4. The zero-order valence-corrected chi connectivity index (χ0v) is 11.1. The lowest BCUT2D eigenvalue weighted by atomic mass is 9.61. The molecule has 1 aliphatic heterocycles.